The van der Waals surface area contributed by atoms with E-state index >= 15 is 0 Å². The van der Waals surface area contributed by atoms with Crippen LogP contribution >= 0.6 is 0 Å². The third-order valence-corrected chi connectivity index (χ3v) is 8.53. The van der Waals surface area contributed by atoms with Crippen molar-refractivity contribution in [2.45, 2.75) is 101 Å². The molecule has 0 aromatic heterocycles. The van der Waals surface area contributed by atoms with Crippen molar-refractivity contribution in [2.24, 2.45) is 38.9 Å². The Morgan fingerprint density at radius 2 is 0.943 bits per heavy atom. The molecule has 4 heteroatoms. The summed E-state index contributed by atoms with van der Waals surface area (Å²) in [5.41, 5.74) is -3.73. The summed E-state index contributed by atoms with van der Waals surface area (Å²) in [6.07, 6.45) is 11.2. The first-order chi connectivity index (χ1) is 15.3. The number of aliphatic carboxylic acids is 1. The van der Waals surface area contributed by atoms with Gasteiger partial charge < -0.3 is 15.3 Å². The third-order valence-electron chi connectivity index (χ3n) is 8.53. The monoisotopic (exact) mass is 486 g/mol. The Bertz CT molecular complexity index is 895. The first-order valence-electron chi connectivity index (χ1n) is 12.8. The molecule has 0 aromatic rings. The van der Waals surface area contributed by atoms with E-state index in [2.05, 4.69) is 41.5 Å². The van der Waals surface area contributed by atoms with Crippen LogP contribution in [-0.4, -0.2) is 32.5 Å². The number of aliphatic hydroxyl groups is 2. The molecule has 4 nitrogen and oxygen atoms in total. The van der Waals surface area contributed by atoms with E-state index < -0.39 is 33.4 Å². The van der Waals surface area contributed by atoms with Crippen LogP contribution in [0.4, 0.5) is 0 Å². The average molecular weight is 487 g/mol. The maximum Gasteiger partial charge on any atom is 0.318 e. The van der Waals surface area contributed by atoms with E-state index in [-0.39, 0.29) is 22.7 Å². The summed E-state index contributed by atoms with van der Waals surface area (Å²) in [6.45, 7) is 26.3. The molecule has 0 spiro atoms. The molecule has 0 bridgehead atoms. The Labute approximate surface area is 213 Å². The first kappa shape index (κ1) is 29.6. The Hall–Kier alpha value is -1.65. The summed E-state index contributed by atoms with van der Waals surface area (Å²) in [6, 6.07) is 0. The summed E-state index contributed by atoms with van der Waals surface area (Å²) >= 11 is 0. The lowest BCUT2D eigenvalue weighted by atomic mass is 9.55. The largest absolute Gasteiger partial charge is 0.480 e. The van der Waals surface area contributed by atoms with Crippen LogP contribution in [0.3, 0.4) is 0 Å². The van der Waals surface area contributed by atoms with E-state index in [1.807, 2.05) is 53.7 Å². The predicted molar refractivity (Wildman–Crippen MR) is 145 cm³/mol. The van der Waals surface area contributed by atoms with Crippen LogP contribution in [0.15, 0.2) is 47.6 Å². The highest BCUT2D eigenvalue weighted by atomic mass is 16.4. The summed E-state index contributed by atoms with van der Waals surface area (Å²) in [4.78, 5) is 13.0. The van der Waals surface area contributed by atoms with Crippen molar-refractivity contribution in [1.82, 2.24) is 0 Å². The van der Waals surface area contributed by atoms with Gasteiger partial charge in [0.25, 0.3) is 0 Å². The van der Waals surface area contributed by atoms with E-state index in [0.29, 0.717) is 11.1 Å². The molecule has 0 aromatic carbocycles. The number of carbonyl (C=O) groups is 1. The van der Waals surface area contributed by atoms with Crippen LogP contribution < -0.4 is 0 Å². The molecule has 0 saturated carbocycles. The topological polar surface area (TPSA) is 77.8 Å². The molecule has 35 heavy (non-hydrogen) atoms. The zero-order valence-electron chi connectivity index (χ0n) is 24.4. The molecular weight excluding hydrogens is 436 g/mol. The fourth-order valence-electron chi connectivity index (χ4n) is 5.70. The van der Waals surface area contributed by atoms with Crippen LogP contribution in [0, 0.1) is 38.9 Å². The summed E-state index contributed by atoms with van der Waals surface area (Å²) in [5.74, 6) is -1.52. The lowest BCUT2D eigenvalue weighted by Gasteiger charge is -2.52. The molecule has 2 aliphatic rings. The fourth-order valence-corrected chi connectivity index (χ4v) is 5.70. The SMILES string of the molecule is CC(C(=O)O)(C1=CC(C(C)(C)C)C(O)(C(C)(C)C)C=C1)C1=CC(C(C)(C)C)C(O)(C(C)(C)C)C=C1. The van der Waals surface area contributed by atoms with Crippen molar-refractivity contribution in [2.75, 3.05) is 0 Å². The van der Waals surface area contributed by atoms with Gasteiger partial charge in [0.05, 0.1) is 11.2 Å². The molecule has 4 unspecified atom stereocenters. The summed E-state index contributed by atoms with van der Waals surface area (Å²) in [7, 11) is 0. The molecule has 0 heterocycles. The smallest absolute Gasteiger partial charge is 0.318 e. The van der Waals surface area contributed by atoms with Gasteiger partial charge in [-0.05, 0) is 39.7 Å². The van der Waals surface area contributed by atoms with Crippen LogP contribution in [-0.2, 0) is 4.79 Å². The van der Waals surface area contributed by atoms with E-state index in [1.165, 1.54) is 0 Å². The minimum absolute atomic E-state index is 0.285. The highest BCUT2D eigenvalue weighted by Crippen LogP contribution is 2.54. The molecule has 198 valence electrons. The minimum atomic E-state index is -1.33. The lowest BCUT2D eigenvalue weighted by Crippen LogP contribution is -2.54. The normalized spacial score (nSPS) is 32.1. The van der Waals surface area contributed by atoms with E-state index in [9.17, 15) is 20.1 Å². The maximum absolute atomic E-state index is 13.0. The second kappa shape index (κ2) is 8.45. The van der Waals surface area contributed by atoms with Crippen molar-refractivity contribution in [3.63, 3.8) is 0 Å². The van der Waals surface area contributed by atoms with E-state index in [1.54, 1.807) is 31.2 Å². The highest BCUT2D eigenvalue weighted by Gasteiger charge is 2.54. The number of hydrogen-bond donors (Lipinski definition) is 3. The first-order valence-corrected chi connectivity index (χ1v) is 12.8. The molecule has 3 N–H and O–H groups in total. The molecular formula is C31H50O4. The Morgan fingerprint density at radius 1 is 0.657 bits per heavy atom. The quantitative estimate of drug-likeness (QED) is 0.403. The van der Waals surface area contributed by atoms with Gasteiger partial charge in [-0.1, -0.05) is 120 Å². The van der Waals surface area contributed by atoms with Crippen molar-refractivity contribution >= 4 is 5.97 Å². The van der Waals surface area contributed by atoms with E-state index in [0.717, 1.165) is 0 Å². The van der Waals surface area contributed by atoms with Crippen molar-refractivity contribution in [3.8, 4) is 0 Å². The highest BCUT2D eigenvalue weighted by molar-refractivity contribution is 5.85. The molecule has 0 radical (unpaired) electrons. The van der Waals surface area contributed by atoms with Crippen molar-refractivity contribution in [1.29, 1.82) is 0 Å². The van der Waals surface area contributed by atoms with Crippen LogP contribution in [0.25, 0.3) is 0 Å². The van der Waals surface area contributed by atoms with E-state index in [4.69, 9.17) is 0 Å². The van der Waals surface area contributed by atoms with Crippen LogP contribution in [0.1, 0.15) is 90.0 Å². The Balaban J connectivity index is 2.77. The van der Waals surface area contributed by atoms with Gasteiger partial charge in [0.1, 0.15) is 5.41 Å². The van der Waals surface area contributed by atoms with Gasteiger partial charge in [-0.25, -0.2) is 0 Å². The standard InChI is InChI=1S/C31H50O4/c1-25(2,3)22-18-20(14-16-30(22,34)27(7,8)9)29(13,24(32)33)21-15-17-31(35,28(10,11)12)23(19-21)26(4,5)6/h14-19,22-23,34-35H,1-13H3,(H,32,33). The maximum atomic E-state index is 13.0. The molecule has 0 fully saturated rings. The molecule has 0 aliphatic heterocycles. The molecule has 0 amide bonds. The van der Waals surface area contributed by atoms with Gasteiger partial charge in [-0.15, -0.1) is 0 Å². The molecule has 4 atom stereocenters. The Morgan fingerprint density at radius 3 is 1.14 bits per heavy atom. The average Bonchev–Trinajstić information content (AvgIpc) is 2.64. The number of rotatable bonds is 3. The summed E-state index contributed by atoms with van der Waals surface area (Å²) in [5, 5.41) is 34.2. The van der Waals surface area contributed by atoms with Crippen molar-refractivity contribution in [3.05, 3.63) is 47.6 Å². The zero-order valence-corrected chi connectivity index (χ0v) is 24.4. The second-order valence-corrected chi connectivity index (χ2v) is 15.2. The van der Waals surface area contributed by atoms with Crippen LogP contribution in [0.2, 0.25) is 0 Å². The number of allylic oxidation sites excluding steroid dienone is 2. The van der Waals surface area contributed by atoms with Gasteiger partial charge in [0.15, 0.2) is 0 Å². The zero-order chi connectivity index (χ0) is 27.6. The molecule has 2 aliphatic carbocycles. The number of carboxylic acid groups (broad SMARTS) is 1. The molecule has 0 saturated heterocycles. The fraction of sp³-hybridized carbons (Fsp3) is 0.710. The Kier molecular flexibility index (Phi) is 7.14. The molecule has 2 rings (SSSR count). The van der Waals surface area contributed by atoms with Gasteiger partial charge >= 0.3 is 5.97 Å². The minimum Gasteiger partial charge on any atom is -0.480 e. The second-order valence-electron chi connectivity index (χ2n) is 15.2. The number of carboxylic acids is 1. The van der Waals surface area contributed by atoms with Gasteiger partial charge in [-0.3, -0.25) is 4.79 Å². The third kappa shape index (κ3) is 4.85. The lowest BCUT2D eigenvalue weighted by molar-refractivity contribution is -0.144. The summed E-state index contributed by atoms with van der Waals surface area (Å²) < 4.78 is 0. The van der Waals surface area contributed by atoms with Crippen LogP contribution in [0.5, 0.6) is 0 Å². The predicted octanol–water partition coefficient (Wildman–Crippen LogP) is 6.95. The van der Waals surface area contributed by atoms with Gasteiger partial charge in [0, 0.05) is 11.8 Å². The van der Waals surface area contributed by atoms with Gasteiger partial charge in [-0.2, -0.15) is 0 Å². The number of hydrogen-bond acceptors (Lipinski definition) is 3. The van der Waals surface area contributed by atoms with Crippen molar-refractivity contribution < 1.29 is 20.1 Å². The van der Waals surface area contributed by atoms with Gasteiger partial charge in [0.2, 0.25) is 0 Å².